The number of amides is 1. The first kappa shape index (κ1) is 17.8. The molecule has 0 unspecified atom stereocenters. The van der Waals surface area contributed by atoms with E-state index < -0.39 is 0 Å². The minimum absolute atomic E-state index is 0.0191. The van der Waals surface area contributed by atoms with Crippen molar-refractivity contribution in [3.05, 3.63) is 42.0 Å². The molecule has 8 nitrogen and oxygen atoms in total. The molecule has 0 spiro atoms. The predicted molar refractivity (Wildman–Crippen MR) is 93.6 cm³/mol. The normalized spacial score (nSPS) is 13.3. The highest BCUT2D eigenvalue weighted by Gasteiger charge is 2.17. The lowest BCUT2D eigenvalue weighted by atomic mass is 10.2. The van der Waals surface area contributed by atoms with E-state index in [-0.39, 0.29) is 17.8 Å². The third kappa shape index (κ3) is 4.75. The van der Waals surface area contributed by atoms with Gasteiger partial charge in [-0.15, -0.1) is 5.10 Å². The van der Waals surface area contributed by atoms with Gasteiger partial charge in [0.1, 0.15) is 25.2 Å². The maximum atomic E-state index is 12.4. The minimum Gasteiger partial charge on any atom is -0.494 e. The number of hydrogen-bond donors (Lipinski definition) is 1. The number of nitrogens with zero attached hydrogens (tertiary/aromatic N) is 2. The molecule has 0 atom stereocenters. The SMILES string of the molecule is CCCCCOc1cccc(C(=O)Nc2nnc(C3=COCCO3)o2)c1. The lowest BCUT2D eigenvalue weighted by Gasteiger charge is -2.11. The molecule has 26 heavy (non-hydrogen) atoms. The Hall–Kier alpha value is -3.03. The van der Waals surface area contributed by atoms with Crippen molar-refractivity contribution in [2.75, 3.05) is 25.1 Å². The zero-order chi connectivity index (χ0) is 18.2. The first-order valence-electron chi connectivity index (χ1n) is 8.59. The first-order valence-corrected chi connectivity index (χ1v) is 8.59. The van der Waals surface area contributed by atoms with Crippen molar-refractivity contribution in [1.82, 2.24) is 10.2 Å². The maximum Gasteiger partial charge on any atom is 0.322 e. The number of nitrogens with one attached hydrogen (secondary N) is 1. The van der Waals surface area contributed by atoms with Gasteiger partial charge in [-0.05, 0) is 24.6 Å². The molecule has 0 saturated carbocycles. The molecule has 8 heteroatoms. The molecule has 0 saturated heterocycles. The molecule has 3 rings (SSSR count). The van der Waals surface area contributed by atoms with Crippen LogP contribution >= 0.6 is 0 Å². The summed E-state index contributed by atoms with van der Waals surface area (Å²) >= 11 is 0. The number of unbranched alkanes of at least 4 members (excludes halogenated alkanes) is 2. The summed E-state index contributed by atoms with van der Waals surface area (Å²) in [5, 5.41) is 10.2. The number of rotatable bonds is 8. The van der Waals surface area contributed by atoms with E-state index in [0.29, 0.717) is 36.9 Å². The van der Waals surface area contributed by atoms with E-state index in [0.717, 1.165) is 19.3 Å². The summed E-state index contributed by atoms with van der Waals surface area (Å²) in [5.41, 5.74) is 0.439. The monoisotopic (exact) mass is 359 g/mol. The van der Waals surface area contributed by atoms with E-state index in [1.807, 2.05) is 6.07 Å². The predicted octanol–water partition coefficient (Wildman–Crippen LogP) is 3.24. The average Bonchev–Trinajstić information content (AvgIpc) is 3.15. The first-order chi connectivity index (χ1) is 12.8. The van der Waals surface area contributed by atoms with Gasteiger partial charge in [0.15, 0.2) is 0 Å². The number of hydrogen-bond acceptors (Lipinski definition) is 7. The van der Waals surface area contributed by atoms with Crippen LogP contribution < -0.4 is 10.1 Å². The van der Waals surface area contributed by atoms with Gasteiger partial charge in [-0.1, -0.05) is 30.9 Å². The van der Waals surface area contributed by atoms with Gasteiger partial charge in [-0.2, -0.15) is 0 Å². The Balaban J connectivity index is 1.59. The molecule has 1 aromatic carbocycles. The minimum atomic E-state index is -0.367. The van der Waals surface area contributed by atoms with Gasteiger partial charge >= 0.3 is 6.01 Å². The van der Waals surface area contributed by atoms with E-state index in [1.165, 1.54) is 6.26 Å². The summed E-state index contributed by atoms with van der Waals surface area (Å²) in [6, 6.07) is 6.93. The highest BCUT2D eigenvalue weighted by atomic mass is 16.6. The molecule has 0 fully saturated rings. The topological polar surface area (TPSA) is 95.7 Å². The lowest BCUT2D eigenvalue weighted by molar-refractivity contribution is 0.102. The van der Waals surface area contributed by atoms with Gasteiger partial charge < -0.3 is 18.6 Å². The van der Waals surface area contributed by atoms with Crippen LogP contribution in [0.4, 0.5) is 6.01 Å². The summed E-state index contributed by atoms with van der Waals surface area (Å²) in [5.74, 6) is 0.770. The molecule has 1 N–H and O–H groups in total. The van der Waals surface area contributed by atoms with Crippen LogP contribution in [0.3, 0.4) is 0 Å². The van der Waals surface area contributed by atoms with Crippen LogP contribution in [0.2, 0.25) is 0 Å². The summed E-state index contributed by atoms with van der Waals surface area (Å²) in [7, 11) is 0. The Morgan fingerprint density at radius 1 is 1.27 bits per heavy atom. The summed E-state index contributed by atoms with van der Waals surface area (Å²) in [6.07, 6.45) is 4.64. The molecule has 2 aromatic rings. The molecule has 1 aromatic heterocycles. The zero-order valence-electron chi connectivity index (χ0n) is 14.6. The van der Waals surface area contributed by atoms with Crippen molar-refractivity contribution in [3.8, 4) is 5.75 Å². The van der Waals surface area contributed by atoms with Crippen LogP contribution in [0.5, 0.6) is 5.75 Å². The van der Waals surface area contributed by atoms with E-state index >= 15 is 0 Å². The molecule has 0 radical (unpaired) electrons. The summed E-state index contributed by atoms with van der Waals surface area (Å²) in [4.78, 5) is 12.4. The smallest absolute Gasteiger partial charge is 0.322 e. The van der Waals surface area contributed by atoms with E-state index in [1.54, 1.807) is 18.2 Å². The largest absolute Gasteiger partial charge is 0.494 e. The Kier molecular flexibility index (Phi) is 6.08. The van der Waals surface area contributed by atoms with Gasteiger partial charge in [0, 0.05) is 5.56 Å². The fourth-order valence-corrected chi connectivity index (χ4v) is 2.29. The Labute approximate surface area is 151 Å². The number of carbonyl (C=O) groups is 1. The van der Waals surface area contributed by atoms with Gasteiger partial charge in [0.2, 0.25) is 5.76 Å². The standard InChI is InChI=1S/C18H21N3O5/c1-2-3-4-8-24-14-7-5-6-13(11-14)16(22)19-18-21-20-17(26-18)15-12-23-9-10-25-15/h5-7,11-12H,2-4,8-10H2,1H3,(H,19,21,22). The second kappa shape index (κ2) is 8.89. The van der Waals surface area contributed by atoms with Gasteiger partial charge in [-0.3, -0.25) is 10.1 Å². The van der Waals surface area contributed by atoms with Crippen molar-refractivity contribution in [1.29, 1.82) is 0 Å². The van der Waals surface area contributed by atoms with Gasteiger partial charge in [0.25, 0.3) is 11.8 Å². The van der Waals surface area contributed by atoms with Crippen molar-refractivity contribution in [3.63, 3.8) is 0 Å². The highest BCUT2D eigenvalue weighted by molar-refractivity contribution is 6.03. The molecule has 1 aliphatic heterocycles. The number of carbonyl (C=O) groups excluding carboxylic acids is 1. The molecule has 0 bridgehead atoms. The maximum absolute atomic E-state index is 12.4. The van der Waals surface area contributed by atoms with Crippen LogP contribution in [-0.4, -0.2) is 35.9 Å². The highest BCUT2D eigenvalue weighted by Crippen LogP contribution is 2.20. The fraction of sp³-hybridized carbons (Fsp3) is 0.389. The Morgan fingerprint density at radius 3 is 3.00 bits per heavy atom. The molecule has 138 valence electrons. The molecule has 0 aliphatic carbocycles. The Morgan fingerprint density at radius 2 is 2.19 bits per heavy atom. The number of anilines is 1. The number of aromatic nitrogens is 2. The van der Waals surface area contributed by atoms with Crippen LogP contribution in [-0.2, 0) is 9.47 Å². The third-order valence-corrected chi connectivity index (χ3v) is 3.62. The number of benzene rings is 1. The molecule has 1 aliphatic rings. The second-order valence-electron chi connectivity index (χ2n) is 5.65. The third-order valence-electron chi connectivity index (χ3n) is 3.62. The fourth-order valence-electron chi connectivity index (χ4n) is 2.29. The number of ether oxygens (including phenoxy) is 3. The molecule has 1 amide bonds. The van der Waals surface area contributed by atoms with Crippen molar-refractivity contribution < 1.29 is 23.4 Å². The second-order valence-corrected chi connectivity index (χ2v) is 5.65. The molecular formula is C18H21N3O5. The van der Waals surface area contributed by atoms with Crippen molar-refractivity contribution in [2.45, 2.75) is 26.2 Å². The van der Waals surface area contributed by atoms with Crippen LogP contribution in [0, 0.1) is 0 Å². The molecular weight excluding hydrogens is 338 g/mol. The quantitative estimate of drug-likeness (QED) is 0.723. The molecule has 2 heterocycles. The van der Waals surface area contributed by atoms with E-state index in [9.17, 15) is 4.79 Å². The van der Waals surface area contributed by atoms with E-state index in [4.69, 9.17) is 18.6 Å². The zero-order valence-corrected chi connectivity index (χ0v) is 14.6. The van der Waals surface area contributed by atoms with Crippen LogP contribution in [0.15, 0.2) is 34.9 Å². The van der Waals surface area contributed by atoms with E-state index in [2.05, 4.69) is 22.4 Å². The van der Waals surface area contributed by atoms with Crippen molar-refractivity contribution >= 4 is 17.7 Å². The van der Waals surface area contributed by atoms with Gasteiger partial charge in [0.05, 0.1) is 6.61 Å². The van der Waals surface area contributed by atoms with Crippen LogP contribution in [0.25, 0.3) is 5.76 Å². The summed E-state index contributed by atoms with van der Waals surface area (Å²) in [6.45, 7) is 3.64. The van der Waals surface area contributed by atoms with Crippen LogP contribution in [0.1, 0.15) is 42.4 Å². The average molecular weight is 359 g/mol. The Bertz CT molecular complexity index is 772. The lowest BCUT2D eigenvalue weighted by Crippen LogP contribution is -2.12. The van der Waals surface area contributed by atoms with Crippen molar-refractivity contribution in [2.24, 2.45) is 0 Å². The van der Waals surface area contributed by atoms with Gasteiger partial charge in [-0.25, -0.2) is 0 Å². The summed E-state index contributed by atoms with van der Waals surface area (Å²) < 4.78 is 21.5.